The lowest BCUT2D eigenvalue weighted by molar-refractivity contribution is 0.391. The lowest BCUT2D eigenvalue weighted by Crippen LogP contribution is -2.01. The minimum absolute atomic E-state index is 0.470. The Hall–Kier alpha value is -3.43. The highest BCUT2D eigenvalue weighted by atomic mass is 32.2. The maximum Gasteiger partial charge on any atom is 0.237 e. The summed E-state index contributed by atoms with van der Waals surface area (Å²) in [6.07, 6.45) is 0. The molecular weight excluding hydrogens is 430 g/mol. The van der Waals surface area contributed by atoms with Crippen LogP contribution in [-0.4, -0.2) is 32.0 Å². The Balaban J connectivity index is 1.47. The molecule has 3 aromatic heterocycles. The number of benzene rings is 2. The molecule has 0 amide bonds. The summed E-state index contributed by atoms with van der Waals surface area (Å²) in [7, 11) is 1.66. The predicted molar refractivity (Wildman–Crippen MR) is 121 cm³/mol. The number of thioether (sulfide) groups is 1. The van der Waals surface area contributed by atoms with Crippen molar-refractivity contribution in [1.82, 2.24) is 24.9 Å². The van der Waals surface area contributed by atoms with Crippen LogP contribution in [0, 0.1) is 0 Å². The molecule has 0 atom stereocenters. The van der Waals surface area contributed by atoms with Crippen molar-refractivity contribution in [2.75, 3.05) is 7.11 Å². The molecule has 0 unspecified atom stereocenters. The highest BCUT2D eigenvalue weighted by Gasteiger charge is 2.20. The minimum atomic E-state index is 0.470. The average Bonchev–Trinajstić information content (AvgIpc) is 3.59. The summed E-state index contributed by atoms with van der Waals surface area (Å²) in [6.45, 7) is 0. The number of hydrogen-bond acceptors (Lipinski definition) is 8. The zero-order valence-electron chi connectivity index (χ0n) is 16.5. The maximum absolute atomic E-state index is 5.59. The first-order valence-electron chi connectivity index (χ1n) is 9.47. The molecule has 0 fully saturated rings. The number of methoxy groups -OCH3 is 1. The third kappa shape index (κ3) is 3.97. The summed E-state index contributed by atoms with van der Waals surface area (Å²) in [5.41, 5.74) is 1.79. The van der Waals surface area contributed by atoms with Gasteiger partial charge in [0.15, 0.2) is 11.0 Å². The van der Waals surface area contributed by atoms with Crippen molar-refractivity contribution in [2.24, 2.45) is 0 Å². The third-order valence-corrected chi connectivity index (χ3v) is 6.31. The quantitative estimate of drug-likeness (QED) is 0.311. The second kappa shape index (κ2) is 8.75. The van der Waals surface area contributed by atoms with Crippen LogP contribution in [-0.2, 0) is 5.75 Å². The Morgan fingerprint density at radius 1 is 1.00 bits per heavy atom. The van der Waals surface area contributed by atoms with Crippen molar-refractivity contribution < 1.29 is 9.26 Å². The highest BCUT2D eigenvalue weighted by molar-refractivity contribution is 7.98. The number of aromatic nitrogens is 5. The molecule has 0 aliphatic heterocycles. The largest absolute Gasteiger partial charge is 0.495 e. The van der Waals surface area contributed by atoms with Gasteiger partial charge in [-0.25, -0.2) is 0 Å². The van der Waals surface area contributed by atoms with E-state index in [1.54, 1.807) is 18.4 Å². The lowest BCUT2D eigenvalue weighted by Gasteiger charge is -2.12. The Kier molecular flexibility index (Phi) is 5.51. The molecule has 5 aromatic rings. The number of thiophene rings is 1. The van der Waals surface area contributed by atoms with Gasteiger partial charge in [-0.15, -0.1) is 21.5 Å². The van der Waals surface area contributed by atoms with Gasteiger partial charge in [-0.2, -0.15) is 4.98 Å². The van der Waals surface area contributed by atoms with Gasteiger partial charge in [0, 0.05) is 5.56 Å². The molecule has 0 bridgehead atoms. The first-order chi connectivity index (χ1) is 15.3. The SMILES string of the molecule is COc1ccccc1-n1c(SCc2nc(-c3ccccc3)no2)nnc1-c1cccs1. The number of rotatable bonds is 7. The molecule has 2 aromatic carbocycles. The first-order valence-corrected chi connectivity index (χ1v) is 11.3. The molecule has 0 aliphatic rings. The van der Waals surface area contributed by atoms with Crippen molar-refractivity contribution in [3.8, 4) is 33.5 Å². The molecule has 0 N–H and O–H groups in total. The maximum atomic E-state index is 5.59. The molecule has 0 saturated heterocycles. The molecule has 0 aliphatic carbocycles. The molecule has 9 heteroatoms. The molecule has 5 rings (SSSR count). The molecule has 31 heavy (non-hydrogen) atoms. The van der Waals surface area contributed by atoms with E-state index >= 15 is 0 Å². The second-order valence-electron chi connectivity index (χ2n) is 6.46. The summed E-state index contributed by atoms with van der Waals surface area (Å²) < 4.78 is 13.0. The molecular formula is C22H17N5O2S2. The monoisotopic (exact) mass is 447 g/mol. The fourth-order valence-corrected chi connectivity index (χ4v) is 4.59. The Bertz CT molecular complexity index is 1280. The number of ether oxygens (including phenoxy) is 1. The summed E-state index contributed by atoms with van der Waals surface area (Å²) in [4.78, 5) is 5.53. The standard InChI is InChI=1S/C22H17N5O2S2/c1-28-17-11-6-5-10-16(17)27-21(18-12-7-13-30-18)24-25-22(27)31-14-19-23-20(26-29-19)15-8-3-2-4-9-15/h2-13H,14H2,1H3. The summed E-state index contributed by atoms with van der Waals surface area (Å²) in [5.74, 6) is 3.07. The predicted octanol–water partition coefficient (Wildman–Crippen LogP) is 5.35. The van der Waals surface area contributed by atoms with Gasteiger partial charge in [-0.1, -0.05) is 65.4 Å². The van der Waals surface area contributed by atoms with Gasteiger partial charge in [0.05, 0.1) is 23.4 Å². The van der Waals surface area contributed by atoms with Crippen molar-refractivity contribution in [3.63, 3.8) is 0 Å². The third-order valence-electron chi connectivity index (χ3n) is 4.53. The molecule has 0 spiro atoms. The first kappa shape index (κ1) is 19.5. The van der Waals surface area contributed by atoms with E-state index < -0.39 is 0 Å². The van der Waals surface area contributed by atoms with Crippen LogP contribution in [0.15, 0.2) is 81.8 Å². The van der Waals surface area contributed by atoms with Crippen molar-refractivity contribution >= 4 is 23.1 Å². The minimum Gasteiger partial charge on any atom is -0.495 e. The van der Waals surface area contributed by atoms with Crippen molar-refractivity contribution in [1.29, 1.82) is 0 Å². The van der Waals surface area contributed by atoms with Gasteiger partial charge in [0.1, 0.15) is 5.75 Å². The molecule has 0 saturated carbocycles. The average molecular weight is 448 g/mol. The van der Waals surface area contributed by atoms with Crippen molar-refractivity contribution in [2.45, 2.75) is 10.9 Å². The lowest BCUT2D eigenvalue weighted by atomic mass is 10.2. The molecule has 0 radical (unpaired) electrons. The van der Waals surface area contributed by atoms with Crippen LogP contribution in [0.25, 0.3) is 27.8 Å². The van der Waals surface area contributed by atoms with Crippen LogP contribution in [0.1, 0.15) is 5.89 Å². The Morgan fingerprint density at radius 2 is 1.84 bits per heavy atom. The number of nitrogens with zero attached hydrogens (tertiary/aromatic N) is 5. The van der Waals surface area contributed by atoms with Crippen LogP contribution in [0.2, 0.25) is 0 Å². The van der Waals surface area contributed by atoms with Gasteiger partial charge in [0.25, 0.3) is 0 Å². The van der Waals surface area contributed by atoms with E-state index in [-0.39, 0.29) is 0 Å². The normalized spacial score (nSPS) is 11.0. The van der Waals surface area contributed by atoms with Crippen LogP contribution in [0.4, 0.5) is 0 Å². The van der Waals surface area contributed by atoms with Crippen molar-refractivity contribution in [3.05, 3.63) is 78.0 Å². The van der Waals surface area contributed by atoms with E-state index in [1.165, 1.54) is 11.8 Å². The van der Waals surface area contributed by atoms with Gasteiger partial charge >= 0.3 is 0 Å². The van der Waals surface area contributed by atoms with E-state index in [1.807, 2.05) is 76.7 Å². The van der Waals surface area contributed by atoms with E-state index in [2.05, 4.69) is 20.3 Å². The topological polar surface area (TPSA) is 78.9 Å². The fourth-order valence-electron chi connectivity index (χ4n) is 3.10. The highest BCUT2D eigenvalue weighted by Crippen LogP contribution is 2.35. The molecule has 3 heterocycles. The second-order valence-corrected chi connectivity index (χ2v) is 8.35. The van der Waals surface area contributed by atoms with Crippen LogP contribution in [0.5, 0.6) is 5.75 Å². The smallest absolute Gasteiger partial charge is 0.237 e. The van der Waals surface area contributed by atoms with E-state index in [4.69, 9.17) is 9.26 Å². The van der Waals surface area contributed by atoms with Gasteiger partial charge in [0.2, 0.25) is 11.7 Å². The van der Waals surface area contributed by atoms with E-state index in [0.29, 0.717) is 22.6 Å². The number of para-hydroxylation sites is 2. The van der Waals surface area contributed by atoms with Crippen LogP contribution >= 0.6 is 23.1 Å². The summed E-state index contributed by atoms with van der Waals surface area (Å²) in [5, 5.41) is 15.7. The van der Waals surface area contributed by atoms with E-state index in [0.717, 1.165) is 27.7 Å². The fraction of sp³-hybridized carbons (Fsp3) is 0.0909. The summed E-state index contributed by atoms with van der Waals surface area (Å²) in [6, 6.07) is 21.6. The zero-order valence-corrected chi connectivity index (χ0v) is 18.1. The van der Waals surface area contributed by atoms with Crippen LogP contribution in [0.3, 0.4) is 0 Å². The van der Waals surface area contributed by atoms with Gasteiger partial charge in [-0.3, -0.25) is 4.57 Å². The number of hydrogen-bond donors (Lipinski definition) is 0. The zero-order chi connectivity index (χ0) is 21.0. The molecule has 154 valence electrons. The molecule has 7 nitrogen and oxygen atoms in total. The summed E-state index contributed by atoms with van der Waals surface area (Å²) >= 11 is 3.10. The van der Waals surface area contributed by atoms with Crippen LogP contribution < -0.4 is 4.74 Å². The Labute approximate surface area is 186 Å². The van der Waals surface area contributed by atoms with E-state index in [9.17, 15) is 0 Å². The van der Waals surface area contributed by atoms with Gasteiger partial charge < -0.3 is 9.26 Å². The Morgan fingerprint density at radius 3 is 2.65 bits per heavy atom. The van der Waals surface area contributed by atoms with Gasteiger partial charge in [-0.05, 0) is 23.6 Å².